The molecule has 2 heterocycles. The average Bonchev–Trinajstić information content (AvgIpc) is 3.19. The minimum atomic E-state index is -0.401. The van der Waals surface area contributed by atoms with Crippen molar-refractivity contribution in [1.29, 1.82) is 0 Å². The molecule has 0 saturated heterocycles. The van der Waals surface area contributed by atoms with Gasteiger partial charge in [-0.1, -0.05) is 42.5 Å². The first-order valence-electron chi connectivity index (χ1n) is 6.99. The topological polar surface area (TPSA) is 39.4 Å². The van der Waals surface area contributed by atoms with Crippen molar-refractivity contribution in [3.05, 3.63) is 78.4 Å². The maximum Gasteiger partial charge on any atom is 0.347 e. The Morgan fingerprint density at radius 3 is 2.18 bits per heavy atom. The Hall–Kier alpha value is -3.07. The van der Waals surface area contributed by atoms with E-state index in [2.05, 4.69) is 0 Å². The second kappa shape index (κ2) is 5.04. The molecular formula is C19H12O3. The predicted octanol–water partition coefficient (Wildman–Crippen LogP) is 4.76. The summed E-state index contributed by atoms with van der Waals surface area (Å²) in [7, 11) is 0. The molecule has 2 bridgehead atoms. The lowest BCUT2D eigenvalue weighted by Gasteiger charge is -2.05. The zero-order chi connectivity index (χ0) is 14.9. The molecule has 0 radical (unpaired) electrons. The molecule has 0 amide bonds. The minimum absolute atomic E-state index is 0.401. The van der Waals surface area contributed by atoms with E-state index in [1.807, 2.05) is 48.5 Å². The van der Waals surface area contributed by atoms with Gasteiger partial charge < -0.3 is 9.15 Å². The molecule has 22 heavy (non-hydrogen) atoms. The van der Waals surface area contributed by atoms with Gasteiger partial charge in [-0.2, -0.15) is 0 Å². The predicted molar refractivity (Wildman–Crippen MR) is 84.2 cm³/mol. The van der Waals surface area contributed by atoms with E-state index in [0.29, 0.717) is 22.5 Å². The summed E-state index contributed by atoms with van der Waals surface area (Å²) in [5.74, 6) is 0.116. The first-order chi connectivity index (χ1) is 10.8. The zero-order valence-electron chi connectivity index (χ0n) is 11.7. The van der Waals surface area contributed by atoms with Gasteiger partial charge in [-0.05, 0) is 41.5 Å². The van der Waals surface area contributed by atoms with Gasteiger partial charge >= 0.3 is 5.97 Å². The van der Waals surface area contributed by atoms with Crippen LogP contribution in [0.3, 0.4) is 0 Å². The van der Waals surface area contributed by atoms with Crippen LogP contribution < -0.4 is 4.74 Å². The number of hydrogen-bond acceptors (Lipinski definition) is 3. The summed E-state index contributed by atoms with van der Waals surface area (Å²) < 4.78 is 10.7. The molecule has 106 valence electrons. The molecule has 2 aromatic heterocycles. The van der Waals surface area contributed by atoms with Crippen LogP contribution in [0, 0.1) is 0 Å². The molecule has 0 aliphatic heterocycles. The third kappa shape index (κ3) is 2.23. The van der Waals surface area contributed by atoms with E-state index in [1.165, 1.54) is 0 Å². The largest absolute Gasteiger partial charge is 0.456 e. The van der Waals surface area contributed by atoms with Crippen LogP contribution in [-0.2, 0) is 0 Å². The summed E-state index contributed by atoms with van der Waals surface area (Å²) in [6, 6.07) is 22.8. The molecule has 0 saturated carbocycles. The Morgan fingerprint density at radius 2 is 1.55 bits per heavy atom. The van der Waals surface area contributed by atoms with E-state index in [-0.39, 0.29) is 0 Å². The molecule has 0 N–H and O–H groups in total. The number of carbonyl (C=O) groups is 1. The molecule has 0 atom stereocenters. The fourth-order valence-corrected chi connectivity index (χ4v) is 2.46. The highest BCUT2D eigenvalue weighted by atomic mass is 16.5. The maximum atomic E-state index is 12.1. The van der Waals surface area contributed by atoms with Crippen molar-refractivity contribution in [3.63, 3.8) is 0 Å². The van der Waals surface area contributed by atoms with Crippen LogP contribution in [0.2, 0.25) is 0 Å². The number of rotatable bonds is 3. The van der Waals surface area contributed by atoms with Crippen molar-refractivity contribution in [3.8, 4) is 16.9 Å². The van der Waals surface area contributed by atoms with Crippen LogP contribution in [0.25, 0.3) is 22.3 Å². The van der Waals surface area contributed by atoms with Crippen molar-refractivity contribution < 1.29 is 13.9 Å². The van der Waals surface area contributed by atoms with E-state index in [4.69, 9.17) is 9.15 Å². The molecule has 4 rings (SSSR count). The van der Waals surface area contributed by atoms with E-state index in [0.717, 1.165) is 11.1 Å². The monoisotopic (exact) mass is 288 g/mol. The molecule has 3 heteroatoms. The van der Waals surface area contributed by atoms with Crippen molar-refractivity contribution in [1.82, 2.24) is 0 Å². The lowest BCUT2D eigenvalue weighted by molar-refractivity contribution is 0.0736. The Morgan fingerprint density at radius 1 is 0.818 bits per heavy atom. The van der Waals surface area contributed by atoms with Gasteiger partial charge in [0.25, 0.3) is 0 Å². The molecule has 0 spiro atoms. The lowest BCUT2D eigenvalue weighted by atomic mass is 10.1. The summed E-state index contributed by atoms with van der Waals surface area (Å²) in [6.07, 6.45) is 0. The van der Waals surface area contributed by atoms with E-state index in [1.54, 1.807) is 24.3 Å². The van der Waals surface area contributed by atoms with Gasteiger partial charge in [-0.3, -0.25) is 0 Å². The van der Waals surface area contributed by atoms with Crippen LogP contribution >= 0.6 is 0 Å². The third-order valence-electron chi connectivity index (χ3n) is 3.57. The van der Waals surface area contributed by atoms with Crippen molar-refractivity contribution in [2.45, 2.75) is 0 Å². The number of benzene rings is 3. The lowest BCUT2D eigenvalue weighted by Crippen LogP contribution is -2.07. The minimum Gasteiger partial charge on any atom is -0.456 e. The third-order valence-corrected chi connectivity index (χ3v) is 3.57. The number of ether oxygens (including phenoxy) is 1. The van der Waals surface area contributed by atoms with E-state index < -0.39 is 5.97 Å². The first kappa shape index (κ1) is 12.7. The highest BCUT2D eigenvalue weighted by Gasteiger charge is 2.16. The number of hydrogen-bond donors (Lipinski definition) is 0. The van der Waals surface area contributed by atoms with Gasteiger partial charge in [0, 0.05) is 0 Å². The van der Waals surface area contributed by atoms with E-state index in [9.17, 15) is 4.79 Å². The van der Waals surface area contributed by atoms with Gasteiger partial charge in [0.05, 0.1) is 0 Å². The molecule has 0 aliphatic rings. The summed E-state index contributed by atoms with van der Waals surface area (Å²) in [6.45, 7) is 0. The quantitative estimate of drug-likeness (QED) is 0.403. The van der Waals surface area contributed by atoms with Crippen LogP contribution in [0.15, 0.2) is 77.2 Å². The van der Waals surface area contributed by atoms with E-state index >= 15 is 0 Å². The van der Waals surface area contributed by atoms with Crippen molar-refractivity contribution >= 4 is 17.1 Å². The number of carbonyl (C=O) groups excluding carboxylic acids is 1. The summed E-state index contributed by atoms with van der Waals surface area (Å²) in [5, 5.41) is 0. The standard InChI is InChI=1S/C19H12O3/c20-19(17-12-16-10-11-18(17)21-16)22-15-8-6-14(7-9-15)13-4-2-1-3-5-13/h1-12H. The molecule has 4 aromatic rings. The zero-order valence-corrected chi connectivity index (χ0v) is 11.7. The fraction of sp³-hybridized carbons (Fsp3) is 0. The maximum absolute atomic E-state index is 12.1. The second-order valence-corrected chi connectivity index (χ2v) is 5.04. The number of furan rings is 2. The Balaban J connectivity index is 1.54. The highest BCUT2D eigenvalue weighted by molar-refractivity contribution is 6.00. The normalized spacial score (nSPS) is 10.9. The van der Waals surface area contributed by atoms with Crippen LogP contribution in [0.1, 0.15) is 10.4 Å². The second-order valence-electron chi connectivity index (χ2n) is 5.04. The first-order valence-corrected chi connectivity index (χ1v) is 6.99. The van der Waals surface area contributed by atoms with Gasteiger partial charge in [-0.15, -0.1) is 0 Å². The smallest absolute Gasteiger partial charge is 0.347 e. The van der Waals surface area contributed by atoms with Crippen LogP contribution in [0.5, 0.6) is 5.75 Å². The van der Waals surface area contributed by atoms with Gasteiger partial charge in [0.1, 0.15) is 22.5 Å². The fourth-order valence-electron chi connectivity index (χ4n) is 2.46. The molecule has 0 aliphatic carbocycles. The Kier molecular flexibility index (Phi) is 2.90. The van der Waals surface area contributed by atoms with Gasteiger partial charge in [-0.25, -0.2) is 4.79 Å². The number of esters is 1. The molecule has 2 aromatic carbocycles. The van der Waals surface area contributed by atoms with Gasteiger partial charge in [0.15, 0.2) is 0 Å². The van der Waals surface area contributed by atoms with Crippen molar-refractivity contribution in [2.24, 2.45) is 0 Å². The molecule has 3 nitrogen and oxygen atoms in total. The summed E-state index contributed by atoms with van der Waals surface area (Å²) in [5.41, 5.74) is 3.91. The Bertz CT molecular complexity index is 905. The average molecular weight is 288 g/mol. The van der Waals surface area contributed by atoms with Gasteiger partial charge in [0.2, 0.25) is 0 Å². The number of fused-ring (bicyclic) bond motifs is 2. The summed E-state index contributed by atoms with van der Waals surface area (Å²) in [4.78, 5) is 12.1. The summed E-state index contributed by atoms with van der Waals surface area (Å²) >= 11 is 0. The molecular weight excluding hydrogens is 276 g/mol. The Labute approximate surface area is 127 Å². The SMILES string of the molecule is O=C(Oc1ccc(-c2ccccc2)cc1)c1cc2ccc1o2. The molecule has 0 fully saturated rings. The van der Waals surface area contributed by atoms with Crippen LogP contribution in [-0.4, -0.2) is 5.97 Å². The van der Waals surface area contributed by atoms with Crippen LogP contribution in [0.4, 0.5) is 0 Å². The highest BCUT2D eigenvalue weighted by Crippen LogP contribution is 2.25. The van der Waals surface area contributed by atoms with Crippen molar-refractivity contribution in [2.75, 3.05) is 0 Å². The molecule has 0 unspecified atom stereocenters.